The highest BCUT2D eigenvalue weighted by Gasteiger charge is 2.22. The summed E-state index contributed by atoms with van der Waals surface area (Å²) in [5.41, 5.74) is 1.31. The maximum absolute atomic E-state index is 5.73. The summed E-state index contributed by atoms with van der Waals surface area (Å²) in [5, 5.41) is 3.73. The van der Waals surface area contributed by atoms with Crippen LogP contribution in [-0.2, 0) is 4.74 Å². The summed E-state index contributed by atoms with van der Waals surface area (Å²) in [5.74, 6) is 0.945. The van der Waals surface area contributed by atoms with Gasteiger partial charge in [-0.3, -0.25) is 0 Å². The van der Waals surface area contributed by atoms with Crippen LogP contribution in [0.5, 0.6) is 5.75 Å². The van der Waals surface area contributed by atoms with Crippen LogP contribution >= 0.6 is 0 Å². The number of nitrogens with one attached hydrogen (secondary N) is 1. The van der Waals surface area contributed by atoms with Crippen LogP contribution in [-0.4, -0.2) is 25.4 Å². The molecule has 1 aromatic rings. The lowest BCUT2D eigenvalue weighted by Crippen LogP contribution is -2.39. The SMILES string of the molecule is CCOc1ccc(C(C)NC2CCOC(CC)C2)cc1. The molecule has 0 spiro atoms. The van der Waals surface area contributed by atoms with Crippen LogP contribution in [0.4, 0.5) is 0 Å². The van der Waals surface area contributed by atoms with E-state index in [9.17, 15) is 0 Å². The van der Waals surface area contributed by atoms with E-state index in [0.29, 0.717) is 24.8 Å². The number of benzene rings is 1. The van der Waals surface area contributed by atoms with Crippen molar-refractivity contribution in [2.45, 2.75) is 58.2 Å². The summed E-state index contributed by atoms with van der Waals surface area (Å²) in [4.78, 5) is 0. The number of hydrogen-bond acceptors (Lipinski definition) is 3. The third-order valence-corrected chi connectivity index (χ3v) is 4.00. The van der Waals surface area contributed by atoms with E-state index in [2.05, 4.69) is 43.4 Å². The molecule has 0 bridgehead atoms. The van der Waals surface area contributed by atoms with Crippen LogP contribution in [0.2, 0.25) is 0 Å². The Morgan fingerprint density at radius 2 is 2.05 bits per heavy atom. The maximum Gasteiger partial charge on any atom is 0.119 e. The molecule has 1 fully saturated rings. The van der Waals surface area contributed by atoms with Crippen LogP contribution < -0.4 is 10.1 Å². The zero-order valence-electron chi connectivity index (χ0n) is 12.9. The fourth-order valence-corrected chi connectivity index (χ4v) is 2.79. The molecule has 1 saturated heterocycles. The van der Waals surface area contributed by atoms with Gasteiger partial charge in [-0.25, -0.2) is 0 Å². The van der Waals surface area contributed by atoms with Gasteiger partial charge in [0.05, 0.1) is 12.7 Å². The van der Waals surface area contributed by atoms with Gasteiger partial charge in [0.2, 0.25) is 0 Å². The summed E-state index contributed by atoms with van der Waals surface area (Å²) in [6.07, 6.45) is 3.76. The Balaban J connectivity index is 1.88. The average molecular weight is 277 g/mol. The molecule has 1 heterocycles. The predicted molar refractivity (Wildman–Crippen MR) is 82.2 cm³/mol. The molecule has 1 aliphatic heterocycles. The summed E-state index contributed by atoms with van der Waals surface area (Å²) in [6.45, 7) is 8.03. The molecule has 112 valence electrons. The fraction of sp³-hybridized carbons (Fsp3) is 0.647. The Morgan fingerprint density at radius 3 is 2.70 bits per heavy atom. The number of rotatable bonds is 6. The zero-order chi connectivity index (χ0) is 14.4. The van der Waals surface area contributed by atoms with E-state index in [4.69, 9.17) is 9.47 Å². The van der Waals surface area contributed by atoms with Gasteiger partial charge >= 0.3 is 0 Å². The number of ether oxygens (including phenoxy) is 2. The Hall–Kier alpha value is -1.06. The van der Waals surface area contributed by atoms with Gasteiger partial charge in [0, 0.05) is 18.7 Å². The first kappa shape index (κ1) is 15.3. The second kappa shape index (κ2) is 7.65. The van der Waals surface area contributed by atoms with Crippen molar-refractivity contribution in [3.63, 3.8) is 0 Å². The largest absolute Gasteiger partial charge is 0.494 e. The minimum Gasteiger partial charge on any atom is -0.494 e. The van der Waals surface area contributed by atoms with E-state index in [1.54, 1.807) is 0 Å². The molecule has 1 aliphatic rings. The van der Waals surface area contributed by atoms with Crippen molar-refractivity contribution in [3.05, 3.63) is 29.8 Å². The van der Waals surface area contributed by atoms with Crippen molar-refractivity contribution in [2.75, 3.05) is 13.2 Å². The molecule has 2 rings (SSSR count). The van der Waals surface area contributed by atoms with Gasteiger partial charge < -0.3 is 14.8 Å². The lowest BCUT2D eigenvalue weighted by molar-refractivity contribution is -0.00165. The first-order chi connectivity index (χ1) is 9.72. The summed E-state index contributed by atoms with van der Waals surface area (Å²) in [6, 6.07) is 9.34. The second-order valence-corrected chi connectivity index (χ2v) is 5.51. The van der Waals surface area contributed by atoms with Gasteiger partial charge in [-0.2, -0.15) is 0 Å². The van der Waals surface area contributed by atoms with E-state index in [-0.39, 0.29) is 0 Å². The van der Waals surface area contributed by atoms with E-state index >= 15 is 0 Å². The highest BCUT2D eigenvalue weighted by atomic mass is 16.5. The first-order valence-corrected chi connectivity index (χ1v) is 7.83. The minimum atomic E-state index is 0.367. The van der Waals surface area contributed by atoms with Crippen LogP contribution in [0.1, 0.15) is 51.6 Å². The molecular formula is C17H27NO2. The maximum atomic E-state index is 5.73. The molecule has 20 heavy (non-hydrogen) atoms. The molecule has 0 aromatic heterocycles. The minimum absolute atomic E-state index is 0.367. The van der Waals surface area contributed by atoms with Crippen molar-refractivity contribution in [1.29, 1.82) is 0 Å². The van der Waals surface area contributed by atoms with Crippen molar-refractivity contribution < 1.29 is 9.47 Å². The van der Waals surface area contributed by atoms with Gasteiger partial charge in [-0.05, 0) is 50.8 Å². The van der Waals surface area contributed by atoms with Gasteiger partial charge in [-0.1, -0.05) is 19.1 Å². The molecule has 0 saturated carbocycles. The lowest BCUT2D eigenvalue weighted by atomic mass is 9.99. The topological polar surface area (TPSA) is 30.5 Å². The van der Waals surface area contributed by atoms with Gasteiger partial charge in [0.1, 0.15) is 5.75 Å². The van der Waals surface area contributed by atoms with E-state index in [1.807, 2.05) is 6.92 Å². The Kier molecular flexibility index (Phi) is 5.86. The van der Waals surface area contributed by atoms with Crippen LogP contribution in [0, 0.1) is 0 Å². The standard InChI is InChI=1S/C17H27NO2/c1-4-16-12-15(10-11-20-16)18-13(3)14-6-8-17(9-7-14)19-5-2/h6-9,13,15-16,18H,4-5,10-12H2,1-3H3. The smallest absolute Gasteiger partial charge is 0.119 e. The summed E-state index contributed by atoms with van der Waals surface area (Å²) >= 11 is 0. The molecular weight excluding hydrogens is 250 g/mol. The molecule has 3 nitrogen and oxygen atoms in total. The lowest BCUT2D eigenvalue weighted by Gasteiger charge is -2.32. The highest BCUT2D eigenvalue weighted by Crippen LogP contribution is 2.22. The molecule has 3 heteroatoms. The molecule has 0 radical (unpaired) electrons. The van der Waals surface area contributed by atoms with E-state index < -0.39 is 0 Å². The van der Waals surface area contributed by atoms with Crippen molar-refractivity contribution in [3.8, 4) is 5.75 Å². The Morgan fingerprint density at radius 1 is 1.30 bits per heavy atom. The normalized spacial score (nSPS) is 24.4. The Labute approximate surface area is 122 Å². The molecule has 1 N–H and O–H groups in total. The van der Waals surface area contributed by atoms with Crippen LogP contribution in [0.25, 0.3) is 0 Å². The van der Waals surface area contributed by atoms with Crippen LogP contribution in [0.15, 0.2) is 24.3 Å². The summed E-state index contributed by atoms with van der Waals surface area (Å²) in [7, 11) is 0. The predicted octanol–water partition coefficient (Wildman–Crippen LogP) is 3.69. The molecule has 1 aromatic carbocycles. The van der Waals surface area contributed by atoms with Crippen molar-refractivity contribution in [2.24, 2.45) is 0 Å². The Bertz CT molecular complexity index is 390. The first-order valence-electron chi connectivity index (χ1n) is 7.83. The molecule has 3 atom stereocenters. The second-order valence-electron chi connectivity index (χ2n) is 5.51. The summed E-state index contributed by atoms with van der Waals surface area (Å²) < 4.78 is 11.2. The quantitative estimate of drug-likeness (QED) is 0.860. The molecule has 3 unspecified atom stereocenters. The third kappa shape index (κ3) is 4.22. The van der Waals surface area contributed by atoms with Gasteiger partial charge in [0.15, 0.2) is 0 Å². The fourth-order valence-electron chi connectivity index (χ4n) is 2.79. The zero-order valence-corrected chi connectivity index (χ0v) is 12.9. The average Bonchev–Trinajstić information content (AvgIpc) is 2.48. The monoisotopic (exact) mass is 277 g/mol. The third-order valence-electron chi connectivity index (χ3n) is 4.00. The van der Waals surface area contributed by atoms with E-state index in [1.165, 1.54) is 5.56 Å². The highest BCUT2D eigenvalue weighted by molar-refractivity contribution is 5.29. The van der Waals surface area contributed by atoms with Crippen LogP contribution in [0.3, 0.4) is 0 Å². The van der Waals surface area contributed by atoms with Gasteiger partial charge in [-0.15, -0.1) is 0 Å². The van der Waals surface area contributed by atoms with Crippen molar-refractivity contribution >= 4 is 0 Å². The van der Waals surface area contributed by atoms with Crippen molar-refractivity contribution in [1.82, 2.24) is 5.32 Å². The van der Waals surface area contributed by atoms with Gasteiger partial charge in [0.25, 0.3) is 0 Å². The number of hydrogen-bond donors (Lipinski definition) is 1. The van der Waals surface area contributed by atoms with E-state index in [0.717, 1.165) is 31.6 Å². The molecule has 0 aliphatic carbocycles. The molecule has 0 amide bonds.